The van der Waals surface area contributed by atoms with Gasteiger partial charge in [-0.3, -0.25) is 14.9 Å². The Morgan fingerprint density at radius 3 is 2.23 bits per heavy atom. The number of hydrogen-bond donors (Lipinski definition) is 0. The number of hydrogen-bond acceptors (Lipinski definition) is 11. The predicted octanol–water partition coefficient (Wildman–Crippen LogP) is 3.97. The van der Waals surface area contributed by atoms with Gasteiger partial charge in [-0.25, -0.2) is 4.79 Å². The van der Waals surface area contributed by atoms with E-state index in [9.17, 15) is 19.7 Å². The highest BCUT2D eigenvalue weighted by Crippen LogP contribution is 2.39. The lowest BCUT2D eigenvalue weighted by atomic mass is 10.0. The predicted molar refractivity (Wildman–Crippen MR) is 135 cm³/mol. The van der Waals surface area contributed by atoms with Gasteiger partial charge < -0.3 is 28.1 Å². The molecule has 39 heavy (non-hydrogen) atoms. The van der Waals surface area contributed by atoms with Gasteiger partial charge in [-0.1, -0.05) is 5.92 Å². The number of nitro groups is 1. The van der Waals surface area contributed by atoms with E-state index in [-0.39, 0.29) is 56.5 Å². The van der Waals surface area contributed by atoms with Gasteiger partial charge in [-0.15, -0.1) is 6.42 Å². The number of nitrogens with zero attached hydrogens (tertiary/aromatic N) is 3. The minimum atomic E-state index is -1.02. The van der Waals surface area contributed by atoms with Crippen LogP contribution in [-0.2, 0) is 11.3 Å². The van der Waals surface area contributed by atoms with Crippen molar-refractivity contribution in [3.8, 4) is 35.3 Å². The average molecular weight is 535 g/mol. The fraction of sp³-hybridized carbons (Fsp3) is 0.192. The van der Waals surface area contributed by atoms with Gasteiger partial charge >= 0.3 is 12.0 Å². The van der Waals surface area contributed by atoms with Crippen LogP contribution in [0, 0.1) is 22.5 Å². The van der Waals surface area contributed by atoms with Gasteiger partial charge in [0.1, 0.15) is 27.6 Å². The van der Waals surface area contributed by atoms with Gasteiger partial charge in [0, 0.05) is 10.9 Å². The molecule has 2 aromatic heterocycles. The maximum atomic E-state index is 13.7. The molecule has 0 unspecified atom stereocenters. The number of carbonyl (C=O) groups excluding carboxylic acids is 2. The molecule has 0 atom stereocenters. The first-order chi connectivity index (χ1) is 18.8. The summed E-state index contributed by atoms with van der Waals surface area (Å²) in [5, 5.41) is 15.3. The molecule has 0 saturated carbocycles. The summed E-state index contributed by atoms with van der Waals surface area (Å²) in [6.45, 7) is -0.445. The summed E-state index contributed by atoms with van der Waals surface area (Å²) < 4.78 is 32.4. The van der Waals surface area contributed by atoms with Crippen molar-refractivity contribution < 1.29 is 42.6 Å². The standard InChI is InChI=1S/C26H21N3O10/c1-6-16-18(34-2)9-8-17-22(24(30)14-11-19(35-3)25(37-5)20(12-14)36-4)27-28(23(16)17)26(31)38-13-15-7-10-21(39-15)29(32)33/h1,7-12H,13H2,2-5H3. The number of aromatic nitrogens is 2. The summed E-state index contributed by atoms with van der Waals surface area (Å²) in [7, 11) is 5.64. The topological polar surface area (TPSA) is 154 Å². The van der Waals surface area contributed by atoms with Crippen LogP contribution in [0.25, 0.3) is 10.9 Å². The molecule has 0 spiro atoms. The van der Waals surface area contributed by atoms with Crippen molar-refractivity contribution in [1.29, 1.82) is 0 Å². The Hall–Kier alpha value is -5.51. The number of terminal acetylenes is 1. The van der Waals surface area contributed by atoms with Gasteiger partial charge in [0.15, 0.2) is 18.1 Å². The van der Waals surface area contributed by atoms with Gasteiger partial charge in [0.25, 0.3) is 0 Å². The molecule has 0 aliphatic heterocycles. The molecule has 0 saturated heterocycles. The minimum Gasteiger partial charge on any atom is -0.495 e. The van der Waals surface area contributed by atoms with Crippen LogP contribution in [0.15, 0.2) is 40.8 Å². The van der Waals surface area contributed by atoms with Gasteiger partial charge in [0.05, 0.1) is 40.1 Å². The fourth-order valence-corrected chi connectivity index (χ4v) is 3.88. The Labute approximate surface area is 220 Å². The zero-order valence-electron chi connectivity index (χ0n) is 21.2. The SMILES string of the molecule is C#Cc1c(OC)ccc2c(C(=O)c3cc(OC)c(OC)c(OC)c3)nn(C(=O)OCc3ccc([N+](=O)[O-])o3)c12. The van der Waals surface area contributed by atoms with Crippen molar-refractivity contribution in [1.82, 2.24) is 9.78 Å². The lowest BCUT2D eigenvalue weighted by molar-refractivity contribution is -0.402. The van der Waals surface area contributed by atoms with Crippen LogP contribution < -0.4 is 18.9 Å². The minimum absolute atomic E-state index is 0.0231. The van der Waals surface area contributed by atoms with E-state index in [0.29, 0.717) is 0 Å². The van der Waals surface area contributed by atoms with E-state index in [1.807, 2.05) is 0 Å². The average Bonchev–Trinajstić information content (AvgIpc) is 3.59. The molecule has 4 aromatic rings. The number of benzene rings is 2. The van der Waals surface area contributed by atoms with Crippen LogP contribution in [0.3, 0.4) is 0 Å². The van der Waals surface area contributed by atoms with Crippen LogP contribution >= 0.6 is 0 Å². The molecule has 4 rings (SSSR count). The van der Waals surface area contributed by atoms with Crippen LogP contribution in [0.2, 0.25) is 0 Å². The van der Waals surface area contributed by atoms with Crippen LogP contribution in [0.4, 0.5) is 10.7 Å². The third-order valence-electron chi connectivity index (χ3n) is 5.65. The summed E-state index contributed by atoms with van der Waals surface area (Å²) in [4.78, 5) is 36.9. The highest BCUT2D eigenvalue weighted by Gasteiger charge is 2.27. The number of furan rings is 1. The molecule has 0 fully saturated rings. The lowest BCUT2D eigenvalue weighted by Crippen LogP contribution is -2.16. The van der Waals surface area contributed by atoms with Crippen molar-refractivity contribution in [2.24, 2.45) is 0 Å². The Balaban J connectivity index is 1.82. The maximum absolute atomic E-state index is 13.7. The first kappa shape index (κ1) is 26.6. The Morgan fingerprint density at radius 2 is 1.69 bits per heavy atom. The molecule has 0 aliphatic rings. The smallest absolute Gasteiger partial charge is 0.435 e. The lowest BCUT2D eigenvalue weighted by Gasteiger charge is -2.13. The Kier molecular flexibility index (Phi) is 7.39. The third kappa shape index (κ3) is 4.78. The van der Waals surface area contributed by atoms with E-state index in [1.54, 1.807) is 6.07 Å². The van der Waals surface area contributed by atoms with E-state index in [4.69, 9.17) is 34.5 Å². The summed E-state index contributed by atoms with van der Waals surface area (Å²) in [5.74, 6) is 2.41. The highest BCUT2D eigenvalue weighted by molar-refractivity contribution is 6.16. The summed E-state index contributed by atoms with van der Waals surface area (Å²) in [6, 6.07) is 8.39. The third-order valence-corrected chi connectivity index (χ3v) is 5.65. The Morgan fingerprint density at radius 1 is 1.03 bits per heavy atom. The molecule has 0 amide bonds. The summed E-state index contributed by atoms with van der Waals surface area (Å²) in [5.41, 5.74) is 0.245. The number of ether oxygens (including phenoxy) is 5. The normalized spacial score (nSPS) is 10.5. The molecule has 13 nitrogen and oxygen atoms in total. The second-order valence-electron chi connectivity index (χ2n) is 7.74. The van der Waals surface area contributed by atoms with Gasteiger partial charge in [-0.05, 0) is 30.3 Å². The molecule has 0 aliphatic carbocycles. The quantitative estimate of drug-likeness (QED) is 0.132. The molecule has 0 bridgehead atoms. The maximum Gasteiger partial charge on any atom is 0.435 e. The molecule has 0 N–H and O–H groups in total. The second kappa shape index (κ2) is 10.9. The number of ketones is 1. The van der Waals surface area contributed by atoms with Crippen molar-refractivity contribution in [2.75, 3.05) is 28.4 Å². The molecule has 2 heterocycles. The van der Waals surface area contributed by atoms with E-state index < -0.39 is 29.3 Å². The number of rotatable bonds is 9. The van der Waals surface area contributed by atoms with Crippen molar-refractivity contribution >= 4 is 28.7 Å². The van der Waals surface area contributed by atoms with Crippen molar-refractivity contribution in [3.05, 3.63) is 69.1 Å². The van der Waals surface area contributed by atoms with Crippen molar-refractivity contribution in [2.45, 2.75) is 6.61 Å². The van der Waals surface area contributed by atoms with E-state index in [0.717, 1.165) is 10.7 Å². The summed E-state index contributed by atoms with van der Waals surface area (Å²) >= 11 is 0. The van der Waals surface area contributed by atoms with E-state index in [1.165, 1.54) is 52.7 Å². The Bertz CT molecular complexity index is 1620. The van der Waals surface area contributed by atoms with Crippen LogP contribution in [0.1, 0.15) is 27.4 Å². The first-order valence-electron chi connectivity index (χ1n) is 11.1. The van der Waals surface area contributed by atoms with E-state index in [2.05, 4.69) is 11.0 Å². The number of fused-ring (bicyclic) bond motifs is 1. The zero-order chi connectivity index (χ0) is 28.3. The number of carbonyl (C=O) groups is 2. The van der Waals surface area contributed by atoms with Gasteiger partial charge in [0.2, 0.25) is 11.5 Å². The molecule has 0 radical (unpaired) electrons. The van der Waals surface area contributed by atoms with Crippen molar-refractivity contribution in [3.63, 3.8) is 0 Å². The van der Waals surface area contributed by atoms with Crippen LogP contribution in [0.5, 0.6) is 23.0 Å². The van der Waals surface area contributed by atoms with Gasteiger partial charge in [-0.2, -0.15) is 9.78 Å². The first-order valence-corrected chi connectivity index (χ1v) is 11.1. The second-order valence-corrected chi connectivity index (χ2v) is 7.74. The largest absolute Gasteiger partial charge is 0.495 e. The molecule has 200 valence electrons. The fourth-order valence-electron chi connectivity index (χ4n) is 3.88. The number of methoxy groups -OCH3 is 4. The highest BCUT2D eigenvalue weighted by atomic mass is 16.7. The molecule has 2 aromatic carbocycles. The summed E-state index contributed by atoms with van der Waals surface area (Å²) in [6.07, 6.45) is 4.71. The van der Waals surface area contributed by atoms with E-state index >= 15 is 0 Å². The molecular formula is C26H21N3O10. The molecular weight excluding hydrogens is 514 g/mol. The monoisotopic (exact) mass is 535 g/mol. The zero-order valence-corrected chi connectivity index (χ0v) is 21.2. The molecule has 13 heteroatoms. The van der Waals surface area contributed by atoms with Crippen LogP contribution in [-0.4, -0.2) is 55.0 Å².